The van der Waals surface area contributed by atoms with Gasteiger partial charge in [-0.25, -0.2) is 9.78 Å². The molecule has 0 spiro atoms. The average Bonchev–Trinajstić information content (AvgIpc) is 2.84. The third-order valence-electron chi connectivity index (χ3n) is 5.46. The summed E-state index contributed by atoms with van der Waals surface area (Å²) < 4.78 is 16.9. The van der Waals surface area contributed by atoms with Gasteiger partial charge in [-0.1, -0.05) is 12.1 Å². The second-order valence-corrected chi connectivity index (χ2v) is 8.57. The van der Waals surface area contributed by atoms with Gasteiger partial charge in [-0.3, -0.25) is 4.79 Å². The Hall–Kier alpha value is -3.59. The Morgan fingerprint density at radius 2 is 1.94 bits per heavy atom. The van der Waals surface area contributed by atoms with Crippen LogP contribution in [-0.2, 0) is 11.2 Å². The molecular weight excluding hydrogens is 504 g/mol. The monoisotopic (exact) mass is 526 g/mol. The molecule has 0 saturated carbocycles. The first kappa shape index (κ1) is 23.6. The second-order valence-electron chi connectivity index (χ2n) is 7.71. The SMILES string of the molecule is COc1ccc(Oc2ncc(C(=O)NC3CCCc4c(OCC(=O)O)cccc43)cc2Br)cc1. The maximum absolute atomic E-state index is 13.0. The van der Waals surface area contributed by atoms with E-state index in [0.29, 0.717) is 27.4 Å². The fourth-order valence-electron chi connectivity index (χ4n) is 3.86. The van der Waals surface area contributed by atoms with E-state index in [4.69, 9.17) is 19.3 Å². The van der Waals surface area contributed by atoms with Crippen LogP contribution in [0.4, 0.5) is 0 Å². The predicted octanol–water partition coefficient (Wildman–Crippen LogP) is 4.92. The van der Waals surface area contributed by atoms with Crippen LogP contribution in [0, 0.1) is 0 Å². The van der Waals surface area contributed by atoms with Gasteiger partial charge >= 0.3 is 5.97 Å². The van der Waals surface area contributed by atoms with Crippen LogP contribution in [0.3, 0.4) is 0 Å². The molecule has 0 radical (unpaired) electrons. The zero-order chi connectivity index (χ0) is 24.1. The van der Waals surface area contributed by atoms with Gasteiger partial charge in [0, 0.05) is 6.20 Å². The summed E-state index contributed by atoms with van der Waals surface area (Å²) >= 11 is 3.43. The van der Waals surface area contributed by atoms with E-state index in [1.807, 2.05) is 12.1 Å². The summed E-state index contributed by atoms with van der Waals surface area (Å²) in [6, 6.07) is 14.1. The molecule has 1 unspecified atom stereocenters. The smallest absolute Gasteiger partial charge is 0.341 e. The highest BCUT2D eigenvalue weighted by Gasteiger charge is 2.25. The van der Waals surface area contributed by atoms with Gasteiger partial charge in [-0.05, 0) is 82.7 Å². The Labute approximate surface area is 205 Å². The highest BCUT2D eigenvalue weighted by Crippen LogP contribution is 2.36. The zero-order valence-electron chi connectivity index (χ0n) is 18.4. The van der Waals surface area contributed by atoms with Gasteiger partial charge in [0.2, 0.25) is 5.88 Å². The molecule has 0 fully saturated rings. The minimum absolute atomic E-state index is 0.210. The largest absolute Gasteiger partial charge is 0.497 e. The predicted molar refractivity (Wildman–Crippen MR) is 128 cm³/mol. The van der Waals surface area contributed by atoms with E-state index in [9.17, 15) is 9.59 Å². The molecular formula is C25H23BrN2O6. The molecule has 4 rings (SSSR count). The van der Waals surface area contributed by atoms with E-state index < -0.39 is 12.6 Å². The Bertz CT molecular complexity index is 1200. The number of rotatable bonds is 8. The summed E-state index contributed by atoms with van der Waals surface area (Å²) in [5, 5.41) is 12.0. The van der Waals surface area contributed by atoms with Crippen LogP contribution in [0.1, 0.15) is 40.4 Å². The topological polar surface area (TPSA) is 107 Å². The second kappa shape index (κ2) is 10.6. The molecule has 34 heavy (non-hydrogen) atoms. The highest BCUT2D eigenvalue weighted by atomic mass is 79.9. The lowest BCUT2D eigenvalue weighted by molar-refractivity contribution is -0.139. The Kier molecular flexibility index (Phi) is 7.32. The summed E-state index contributed by atoms with van der Waals surface area (Å²) in [5.74, 6) is 0.894. The fourth-order valence-corrected chi connectivity index (χ4v) is 4.29. The van der Waals surface area contributed by atoms with Gasteiger partial charge in [0.1, 0.15) is 17.2 Å². The number of aliphatic carboxylic acids is 1. The van der Waals surface area contributed by atoms with Gasteiger partial charge in [0.15, 0.2) is 6.61 Å². The first-order chi connectivity index (χ1) is 16.4. The van der Waals surface area contributed by atoms with Crippen LogP contribution >= 0.6 is 15.9 Å². The number of methoxy groups -OCH3 is 1. The quantitative estimate of drug-likeness (QED) is 0.429. The number of fused-ring (bicyclic) bond motifs is 1. The first-order valence-electron chi connectivity index (χ1n) is 10.7. The molecule has 176 valence electrons. The number of benzene rings is 2. The number of carboxylic acid groups (broad SMARTS) is 1. The van der Waals surface area contributed by atoms with Crippen molar-refractivity contribution in [2.45, 2.75) is 25.3 Å². The Morgan fingerprint density at radius 3 is 2.65 bits per heavy atom. The average molecular weight is 527 g/mol. The van der Waals surface area contributed by atoms with E-state index in [1.54, 1.807) is 43.5 Å². The lowest BCUT2D eigenvalue weighted by Crippen LogP contribution is -2.31. The summed E-state index contributed by atoms with van der Waals surface area (Å²) in [4.78, 5) is 28.2. The van der Waals surface area contributed by atoms with E-state index in [-0.39, 0.29) is 11.9 Å². The van der Waals surface area contributed by atoms with E-state index in [0.717, 1.165) is 36.1 Å². The molecule has 1 heterocycles. The van der Waals surface area contributed by atoms with E-state index in [1.165, 1.54) is 6.20 Å². The van der Waals surface area contributed by atoms with Gasteiger partial charge in [-0.2, -0.15) is 0 Å². The third kappa shape index (κ3) is 5.48. The molecule has 8 nitrogen and oxygen atoms in total. The minimum atomic E-state index is -1.03. The summed E-state index contributed by atoms with van der Waals surface area (Å²) in [7, 11) is 1.59. The molecule has 1 atom stereocenters. The normalized spacial score (nSPS) is 14.6. The molecule has 1 aliphatic rings. The molecule has 0 bridgehead atoms. The number of ether oxygens (including phenoxy) is 3. The number of pyridine rings is 1. The van der Waals surface area contributed by atoms with Crippen molar-refractivity contribution in [1.82, 2.24) is 10.3 Å². The number of halogens is 1. The van der Waals surface area contributed by atoms with Crippen molar-refractivity contribution in [3.05, 3.63) is 75.9 Å². The zero-order valence-corrected chi connectivity index (χ0v) is 20.0. The van der Waals surface area contributed by atoms with Crippen LogP contribution in [0.25, 0.3) is 0 Å². The molecule has 1 amide bonds. The van der Waals surface area contributed by atoms with Crippen molar-refractivity contribution in [1.29, 1.82) is 0 Å². The van der Waals surface area contributed by atoms with Gasteiger partial charge in [0.25, 0.3) is 5.91 Å². The Morgan fingerprint density at radius 1 is 1.18 bits per heavy atom. The number of hydrogen-bond acceptors (Lipinski definition) is 6. The number of carbonyl (C=O) groups is 2. The number of aromatic nitrogens is 1. The number of amides is 1. The van der Waals surface area contributed by atoms with Gasteiger partial charge < -0.3 is 24.6 Å². The number of nitrogens with zero attached hydrogens (tertiary/aromatic N) is 1. The van der Waals surface area contributed by atoms with Crippen molar-refractivity contribution < 1.29 is 28.9 Å². The number of hydrogen-bond donors (Lipinski definition) is 2. The number of carbonyl (C=O) groups excluding carboxylic acids is 1. The van der Waals surface area contributed by atoms with E-state index in [2.05, 4.69) is 26.2 Å². The van der Waals surface area contributed by atoms with Crippen LogP contribution in [0.5, 0.6) is 23.1 Å². The lowest BCUT2D eigenvalue weighted by Gasteiger charge is -2.28. The first-order valence-corrected chi connectivity index (χ1v) is 11.5. The van der Waals surface area contributed by atoms with Crippen molar-refractivity contribution in [3.8, 4) is 23.1 Å². The van der Waals surface area contributed by atoms with Crippen molar-refractivity contribution >= 4 is 27.8 Å². The van der Waals surface area contributed by atoms with Gasteiger partial charge in [0.05, 0.1) is 23.2 Å². The molecule has 0 aliphatic heterocycles. The lowest BCUT2D eigenvalue weighted by atomic mass is 9.87. The van der Waals surface area contributed by atoms with Crippen molar-refractivity contribution in [3.63, 3.8) is 0 Å². The molecule has 1 aliphatic carbocycles. The molecule has 2 N–H and O–H groups in total. The standard InChI is InChI=1S/C25H23BrN2O6/c1-32-16-8-10-17(11-9-16)34-25-20(26)12-15(13-27-25)24(31)28-21-6-2-5-19-18(21)4-3-7-22(19)33-14-23(29)30/h3-4,7-13,21H,2,5-6,14H2,1H3,(H,28,31)(H,29,30). The molecule has 0 saturated heterocycles. The van der Waals surface area contributed by atoms with E-state index >= 15 is 0 Å². The maximum Gasteiger partial charge on any atom is 0.341 e. The molecule has 9 heteroatoms. The maximum atomic E-state index is 13.0. The van der Waals surface area contributed by atoms with Crippen molar-refractivity contribution in [2.24, 2.45) is 0 Å². The summed E-state index contributed by atoms with van der Waals surface area (Å²) in [6.45, 7) is -0.405. The molecule has 3 aromatic rings. The Balaban J connectivity index is 1.46. The summed E-state index contributed by atoms with van der Waals surface area (Å²) in [6.07, 6.45) is 3.85. The minimum Gasteiger partial charge on any atom is -0.497 e. The number of nitrogens with one attached hydrogen (secondary N) is 1. The number of carboxylic acids is 1. The highest BCUT2D eigenvalue weighted by molar-refractivity contribution is 9.10. The summed E-state index contributed by atoms with van der Waals surface area (Å²) in [5.41, 5.74) is 2.26. The van der Waals surface area contributed by atoms with Gasteiger partial charge in [-0.15, -0.1) is 0 Å². The van der Waals surface area contributed by atoms with Crippen LogP contribution in [0.2, 0.25) is 0 Å². The van der Waals surface area contributed by atoms with Crippen molar-refractivity contribution in [2.75, 3.05) is 13.7 Å². The third-order valence-corrected chi connectivity index (χ3v) is 6.03. The van der Waals surface area contributed by atoms with Crippen LogP contribution in [-0.4, -0.2) is 35.7 Å². The molecule has 1 aromatic heterocycles. The molecule has 2 aromatic carbocycles. The fraction of sp³-hybridized carbons (Fsp3) is 0.240. The van der Waals surface area contributed by atoms with Crippen LogP contribution in [0.15, 0.2) is 59.2 Å². The van der Waals surface area contributed by atoms with Crippen LogP contribution < -0.4 is 19.5 Å².